The van der Waals surface area contributed by atoms with Gasteiger partial charge in [-0.25, -0.2) is 5.43 Å². The van der Waals surface area contributed by atoms with Gasteiger partial charge in [0.1, 0.15) is 5.75 Å². The number of aromatic hydroxyl groups is 1. The maximum Gasteiger partial charge on any atom is 0.250 e. The molecule has 0 spiro atoms. The quantitative estimate of drug-likeness (QED) is 0.172. The maximum absolute atomic E-state index is 12.4. The van der Waals surface area contributed by atoms with E-state index in [1.807, 2.05) is 47.0 Å². The van der Waals surface area contributed by atoms with E-state index in [9.17, 15) is 9.90 Å². The number of carbonyl (C=O) groups is 1. The molecule has 11 heteroatoms. The molecule has 0 saturated heterocycles. The van der Waals surface area contributed by atoms with Gasteiger partial charge in [0, 0.05) is 21.3 Å². The normalized spacial score (nSPS) is 11.0. The molecule has 0 aliphatic heterocycles. The number of ether oxygens (including phenoxy) is 2. The molecule has 0 bridgehead atoms. The minimum atomic E-state index is -0.332. The maximum atomic E-state index is 12.4. The van der Waals surface area contributed by atoms with Gasteiger partial charge in [-0.05, 0) is 48.5 Å². The van der Waals surface area contributed by atoms with Crippen LogP contribution in [0.2, 0.25) is 0 Å². The number of methoxy groups -OCH3 is 2. The van der Waals surface area contributed by atoms with Crippen LogP contribution in [0.15, 0.2) is 81.5 Å². The molecule has 9 nitrogen and oxygen atoms in total. The summed E-state index contributed by atoms with van der Waals surface area (Å²) >= 11 is 4.56. The lowest BCUT2D eigenvalue weighted by Gasteiger charge is -2.12. The Labute approximate surface area is 220 Å². The fourth-order valence-electron chi connectivity index (χ4n) is 3.30. The number of thioether (sulfide) groups is 1. The number of amides is 1. The highest BCUT2D eigenvalue weighted by Gasteiger charge is 2.18. The first-order chi connectivity index (χ1) is 17.5. The van der Waals surface area contributed by atoms with E-state index in [4.69, 9.17) is 9.47 Å². The number of hydrazone groups is 1. The number of halogens is 1. The number of hydrogen-bond donors (Lipinski definition) is 2. The Hall–Kier alpha value is -3.83. The fraction of sp³-hybridized carbons (Fsp3) is 0.120. The number of phenols is 1. The predicted molar refractivity (Wildman–Crippen MR) is 142 cm³/mol. The van der Waals surface area contributed by atoms with E-state index in [0.29, 0.717) is 28.0 Å². The molecule has 4 rings (SSSR count). The molecule has 2 N–H and O–H groups in total. The molecule has 4 aromatic rings. The number of phenolic OH excluding ortho intramolecular Hbond substituents is 1. The summed E-state index contributed by atoms with van der Waals surface area (Å²) in [5.74, 6) is 1.55. The molecule has 0 saturated carbocycles. The second-order valence-corrected chi connectivity index (χ2v) is 9.19. The van der Waals surface area contributed by atoms with Crippen molar-refractivity contribution in [2.45, 2.75) is 5.16 Å². The number of carbonyl (C=O) groups excluding carboxylic acids is 1. The van der Waals surface area contributed by atoms with Crippen molar-refractivity contribution in [3.8, 4) is 34.3 Å². The summed E-state index contributed by atoms with van der Waals surface area (Å²) in [7, 11) is 3.15. The number of rotatable bonds is 9. The number of para-hydroxylation sites is 1. The summed E-state index contributed by atoms with van der Waals surface area (Å²) in [6.07, 6.45) is 1.38. The molecule has 0 fully saturated rings. The molecule has 36 heavy (non-hydrogen) atoms. The van der Waals surface area contributed by atoms with E-state index in [1.165, 1.54) is 24.0 Å². The van der Waals surface area contributed by atoms with Crippen molar-refractivity contribution >= 4 is 39.8 Å². The summed E-state index contributed by atoms with van der Waals surface area (Å²) in [6.45, 7) is 0. The SMILES string of the molecule is COc1ccc(-c2nnc(SCC(=O)N/N=C/c3cc(Br)ccc3O)n2-c2ccccc2)cc1OC. The standard InChI is InChI=1S/C25H22BrN5O4S/c1-34-21-11-8-16(13-22(21)35-2)24-29-30-25(31(24)19-6-4-3-5-7-19)36-15-23(33)28-27-14-17-12-18(26)9-10-20(17)32/h3-14,32H,15H2,1-2H3,(H,28,33)/b27-14+. The van der Waals surface area contributed by atoms with Crippen molar-refractivity contribution in [1.29, 1.82) is 0 Å². The van der Waals surface area contributed by atoms with Gasteiger partial charge in [-0.2, -0.15) is 5.10 Å². The number of nitrogens with zero attached hydrogens (tertiary/aromatic N) is 4. The Balaban J connectivity index is 1.54. The van der Waals surface area contributed by atoms with E-state index in [1.54, 1.807) is 32.4 Å². The topological polar surface area (TPSA) is 111 Å². The van der Waals surface area contributed by atoms with Crippen LogP contribution in [0.25, 0.3) is 17.1 Å². The van der Waals surface area contributed by atoms with Crippen LogP contribution in [-0.2, 0) is 4.79 Å². The predicted octanol–water partition coefficient (Wildman–Crippen LogP) is 4.66. The van der Waals surface area contributed by atoms with Gasteiger partial charge in [-0.1, -0.05) is 45.9 Å². The molecule has 0 aliphatic carbocycles. The highest BCUT2D eigenvalue weighted by atomic mass is 79.9. The summed E-state index contributed by atoms with van der Waals surface area (Å²) in [6, 6.07) is 20.1. The van der Waals surface area contributed by atoms with E-state index < -0.39 is 0 Å². The van der Waals surface area contributed by atoms with Crippen LogP contribution in [0.3, 0.4) is 0 Å². The Morgan fingerprint density at radius 3 is 2.61 bits per heavy atom. The summed E-state index contributed by atoms with van der Waals surface area (Å²) in [5.41, 5.74) is 4.56. The molecule has 184 valence electrons. The van der Waals surface area contributed by atoms with Crippen molar-refractivity contribution in [3.05, 3.63) is 76.8 Å². The van der Waals surface area contributed by atoms with Crippen LogP contribution in [0.4, 0.5) is 0 Å². The molecule has 1 amide bonds. The number of aromatic nitrogens is 3. The first kappa shape index (κ1) is 25.3. The zero-order valence-corrected chi connectivity index (χ0v) is 21.8. The smallest absolute Gasteiger partial charge is 0.250 e. The number of nitrogens with one attached hydrogen (secondary N) is 1. The minimum absolute atomic E-state index is 0.0543. The van der Waals surface area contributed by atoms with E-state index >= 15 is 0 Å². The minimum Gasteiger partial charge on any atom is -0.507 e. The van der Waals surface area contributed by atoms with Crippen LogP contribution >= 0.6 is 27.7 Å². The Bertz CT molecular complexity index is 1390. The van der Waals surface area contributed by atoms with Crippen LogP contribution in [0.1, 0.15) is 5.56 Å². The molecular weight excluding hydrogens is 546 g/mol. The molecule has 1 aromatic heterocycles. The third-order valence-electron chi connectivity index (χ3n) is 5.00. The van der Waals surface area contributed by atoms with E-state index in [0.717, 1.165) is 15.7 Å². The summed E-state index contributed by atoms with van der Waals surface area (Å²) < 4.78 is 13.4. The molecule has 0 atom stereocenters. The molecule has 0 radical (unpaired) electrons. The van der Waals surface area contributed by atoms with Crippen LogP contribution in [-0.4, -0.2) is 52.0 Å². The Morgan fingerprint density at radius 2 is 1.86 bits per heavy atom. The largest absolute Gasteiger partial charge is 0.507 e. The van der Waals surface area contributed by atoms with Gasteiger partial charge in [-0.15, -0.1) is 10.2 Å². The van der Waals surface area contributed by atoms with Gasteiger partial charge in [0.25, 0.3) is 5.91 Å². The van der Waals surface area contributed by atoms with Crippen molar-refractivity contribution in [2.75, 3.05) is 20.0 Å². The lowest BCUT2D eigenvalue weighted by atomic mass is 10.2. The Morgan fingerprint density at radius 1 is 1.08 bits per heavy atom. The van der Waals surface area contributed by atoms with Crippen LogP contribution < -0.4 is 14.9 Å². The zero-order chi connectivity index (χ0) is 25.5. The molecule has 1 heterocycles. The van der Waals surface area contributed by atoms with Crippen molar-refractivity contribution in [3.63, 3.8) is 0 Å². The Kier molecular flexibility index (Phi) is 8.24. The number of hydrogen-bond acceptors (Lipinski definition) is 8. The average molecular weight is 568 g/mol. The molecule has 0 unspecified atom stereocenters. The third kappa shape index (κ3) is 5.86. The monoisotopic (exact) mass is 567 g/mol. The summed E-state index contributed by atoms with van der Waals surface area (Å²) in [4.78, 5) is 12.4. The highest BCUT2D eigenvalue weighted by molar-refractivity contribution is 9.10. The molecule has 0 aliphatic rings. The lowest BCUT2D eigenvalue weighted by molar-refractivity contribution is -0.118. The van der Waals surface area contributed by atoms with Crippen molar-refractivity contribution in [1.82, 2.24) is 20.2 Å². The van der Waals surface area contributed by atoms with Crippen LogP contribution in [0, 0.1) is 0 Å². The van der Waals surface area contributed by atoms with E-state index in [2.05, 4.69) is 36.7 Å². The number of benzene rings is 3. The molecule has 3 aromatic carbocycles. The highest BCUT2D eigenvalue weighted by Crippen LogP contribution is 2.34. The van der Waals surface area contributed by atoms with Gasteiger partial charge >= 0.3 is 0 Å². The van der Waals surface area contributed by atoms with Crippen LogP contribution in [0.5, 0.6) is 17.2 Å². The van der Waals surface area contributed by atoms with Crippen molar-refractivity contribution < 1.29 is 19.4 Å². The second-order valence-electron chi connectivity index (χ2n) is 7.33. The summed E-state index contributed by atoms with van der Waals surface area (Å²) in [5, 5.41) is 23.1. The zero-order valence-electron chi connectivity index (χ0n) is 19.4. The first-order valence-electron chi connectivity index (χ1n) is 10.7. The van der Waals surface area contributed by atoms with Crippen molar-refractivity contribution in [2.24, 2.45) is 5.10 Å². The fourth-order valence-corrected chi connectivity index (χ4v) is 4.42. The first-order valence-corrected chi connectivity index (χ1v) is 12.4. The van der Waals surface area contributed by atoms with Gasteiger partial charge in [0.2, 0.25) is 0 Å². The second kappa shape index (κ2) is 11.7. The lowest BCUT2D eigenvalue weighted by Crippen LogP contribution is -2.20. The van der Waals surface area contributed by atoms with Gasteiger partial charge in [-0.3, -0.25) is 9.36 Å². The van der Waals surface area contributed by atoms with E-state index in [-0.39, 0.29) is 17.4 Å². The van der Waals surface area contributed by atoms with Gasteiger partial charge in [0.05, 0.1) is 26.2 Å². The van der Waals surface area contributed by atoms with Gasteiger partial charge < -0.3 is 14.6 Å². The van der Waals surface area contributed by atoms with Gasteiger partial charge in [0.15, 0.2) is 22.5 Å². The third-order valence-corrected chi connectivity index (χ3v) is 6.43. The average Bonchev–Trinajstić information content (AvgIpc) is 3.33. The molecular formula is C25H22BrN5O4S.